The lowest BCUT2D eigenvalue weighted by atomic mass is 10.1. The zero-order valence-corrected chi connectivity index (χ0v) is 18.4. The Morgan fingerprint density at radius 2 is 1.91 bits per heavy atom. The third-order valence-corrected chi connectivity index (χ3v) is 5.27. The van der Waals surface area contributed by atoms with E-state index in [1.165, 1.54) is 10.6 Å². The topological polar surface area (TPSA) is 89.0 Å². The molecule has 0 spiro atoms. The molecule has 0 bridgehead atoms. The maximum absolute atomic E-state index is 14.0. The predicted molar refractivity (Wildman–Crippen MR) is 116 cm³/mol. The lowest BCUT2D eigenvalue weighted by Gasteiger charge is -2.14. The summed E-state index contributed by atoms with van der Waals surface area (Å²) in [6.07, 6.45) is 0. The van der Waals surface area contributed by atoms with Crippen LogP contribution in [0.4, 0.5) is 8.78 Å². The molecule has 4 rings (SSSR count). The van der Waals surface area contributed by atoms with E-state index < -0.39 is 23.6 Å². The maximum Gasteiger partial charge on any atom is 0.256 e. The van der Waals surface area contributed by atoms with Gasteiger partial charge >= 0.3 is 0 Å². The molecule has 0 saturated heterocycles. The number of amides is 1. The molecule has 1 aromatic carbocycles. The zero-order chi connectivity index (χ0) is 23.7. The molecule has 0 radical (unpaired) electrons. The lowest BCUT2D eigenvalue weighted by Crippen LogP contribution is -2.30. The minimum Gasteiger partial charge on any atom is -0.473 e. The molecule has 0 saturated carbocycles. The average molecular weight is 455 g/mol. The molecule has 4 aromatic rings. The van der Waals surface area contributed by atoms with Gasteiger partial charge in [-0.3, -0.25) is 4.79 Å². The number of benzene rings is 1. The van der Waals surface area contributed by atoms with Gasteiger partial charge in [0.1, 0.15) is 35.8 Å². The van der Waals surface area contributed by atoms with Gasteiger partial charge < -0.3 is 19.6 Å². The lowest BCUT2D eigenvalue weighted by molar-refractivity contribution is 0.0908. The quantitative estimate of drug-likeness (QED) is 0.437. The Balaban J connectivity index is 1.66. The SMILES string of the molecule is Cc1cc(OCc2c(F)cccc2F)n2nc(C)c(C(=O)N[C@@H](CO)c3ccc(C)o3)c2c1. The fourth-order valence-electron chi connectivity index (χ4n) is 3.64. The van der Waals surface area contributed by atoms with Gasteiger partial charge in [0, 0.05) is 6.07 Å². The van der Waals surface area contributed by atoms with Gasteiger partial charge in [0.15, 0.2) is 0 Å². The summed E-state index contributed by atoms with van der Waals surface area (Å²) in [5.41, 5.74) is 1.74. The second-order valence-electron chi connectivity index (χ2n) is 7.77. The molecule has 0 fully saturated rings. The van der Waals surface area contributed by atoms with Crippen molar-refractivity contribution >= 4 is 11.4 Å². The predicted octanol–water partition coefficient (Wildman–Crippen LogP) is 4.17. The molecule has 1 amide bonds. The summed E-state index contributed by atoms with van der Waals surface area (Å²) < 4.78 is 40.6. The number of halogens is 2. The van der Waals surface area contributed by atoms with Crippen molar-refractivity contribution in [2.24, 2.45) is 0 Å². The molecule has 1 atom stereocenters. The number of hydrogen-bond donors (Lipinski definition) is 2. The van der Waals surface area contributed by atoms with E-state index in [4.69, 9.17) is 9.15 Å². The number of furan rings is 1. The van der Waals surface area contributed by atoms with E-state index in [1.807, 2.05) is 6.92 Å². The van der Waals surface area contributed by atoms with Gasteiger partial charge in [0.25, 0.3) is 5.91 Å². The number of aliphatic hydroxyl groups excluding tert-OH is 1. The number of aliphatic hydroxyl groups is 1. The van der Waals surface area contributed by atoms with Crippen molar-refractivity contribution in [2.45, 2.75) is 33.4 Å². The molecule has 0 aliphatic carbocycles. The first-order valence-corrected chi connectivity index (χ1v) is 10.3. The first-order valence-electron chi connectivity index (χ1n) is 10.3. The van der Waals surface area contributed by atoms with Crippen molar-refractivity contribution in [1.29, 1.82) is 0 Å². The van der Waals surface area contributed by atoms with E-state index >= 15 is 0 Å². The molecule has 33 heavy (non-hydrogen) atoms. The molecule has 0 aliphatic heterocycles. The van der Waals surface area contributed by atoms with E-state index in [0.717, 1.165) is 17.7 Å². The van der Waals surface area contributed by atoms with E-state index in [1.54, 1.807) is 38.1 Å². The third-order valence-electron chi connectivity index (χ3n) is 5.27. The van der Waals surface area contributed by atoms with Crippen LogP contribution in [0.5, 0.6) is 5.88 Å². The molecule has 172 valence electrons. The van der Waals surface area contributed by atoms with Gasteiger partial charge in [-0.25, -0.2) is 8.78 Å². The number of fused-ring (bicyclic) bond motifs is 1. The number of hydrogen-bond acceptors (Lipinski definition) is 5. The number of aryl methyl sites for hydroxylation is 3. The first-order chi connectivity index (χ1) is 15.8. The van der Waals surface area contributed by atoms with Gasteiger partial charge in [-0.05, 0) is 56.7 Å². The van der Waals surface area contributed by atoms with Crippen LogP contribution in [0.25, 0.3) is 5.52 Å². The number of ether oxygens (including phenoxy) is 1. The molecule has 7 nitrogen and oxygen atoms in total. The van der Waals surface area contributed by atoms with Gasteiger partial charge in [0.05, 0.1) is 28.9 Å². The highest BCUT2D eigenvalue weighted by atomic mass is 19.1. The van der Waals surface area contributed by atoms with Crippen molar-refractivity contribution in [2.75, 3.05) is 6.61 Å². The van der Waals surface area contributed by atoms with Gasteiger partial charge in [-0.15, -0.1) is 0 Å². The second kappa shape index (κ2) is 9.03. The highest BCUT2D eigenvalue weighted by Crippen LogP contribution is 2.26. The summed E-state index contributed by atoms with van der Waals surface area (Å²) in [5, 5.41) is 16.9. The van der Waals surface area contributed by atoms with Crippen LogP contribution in [0, 0.1) is 32.4 Å². The fourth-order valence-corrected chi connectivity index (χ4v) is 3.64. The van der Waals surface area contributed by atoms with Crippen molar-refractivity contribution in [3.8, 4) is 5.88 Å². The molecule has 2 N–H and O–H groups in total. The van der Waals surface area contributed by atoms with Crippen LogP contribution in [0.15, 0.2) is 46.9 Å². The number of rotatable bonds is 7. The van der Waals surface area contributed by atoms with Crippen molar-refractivity contribution in [1.82, 2.24) is 14.9 Å². The highest BCUT2D eigenvalue weighted by Gasteiger charge is 2.24. The molecule has 0 unspecified atom stereocenters. The van der Waals surface area contributed by atoms with E-state index in [9.17, 15) is 18.7 Å². The molecular formula is C24H23F2N3O4. The van der Waals surface area contributed by atoms with Crippen LogP contribution in [0.2, 0.25) is 0 Å². The minimum atomic E-state index is -0.731. The van der Waals surface area contributed by atoms with Crippen LogP contribution >= 0.6 is 0 Å². The van der Waals surface area contributed by atoms with Crippen LogP contribution in [-0.4, -0.2) is 27.2 Å². The van der Waals surface area contributed by atoms with Crippen LogP contribution in [0.1, 0.15) is 44.7 Å². The Hall–Kier alpha value is -3.72. The average Bonchev–Trinajstić information content (AvgIpc) is 3.34. The largest absolute Gasteiger partial charge is 0.473 e. The van der Waals surface area contributed by atoms with E-state index in [2.05, 4.69) is 10.4 Å². The van der Waals surface area contributed by atoms with Crippen molar-refractivity contribution in [3.05, 3.63) is 88.0 Å². The Morgan fingerprint density at radius 3 is 2.55 bits per heavy atom. The molecule has 0 aliphatic rings. The molecule has 9 heteroatoms. The smallest absolute Gasteiger partial charge is 0.256 e. The third kappa shape index (κ3) is 4.45. The number of nitrogens with zero attached hydrogens (tertiary/aromatic N) is 2. The maximum atomic E-state index is 14.0. The Bertz CT molecular complexity index is 1310. The Kier molecular flexibility index (Phi) is 6.15. The van der Waals surface area contributed by atoms with E-state index in [-0.39, 0.29) is 24.7 Å². The minimum absolute atomic E-state index is 0.200. The summed E-state index contributed by atoms with van der Waals surface area (Å²) >= 11 is 0. The normalized spacial score (nSPS) is 12.2. The number of aromatic nitrogens is 2. The number of carbonyl (C=O) groups is 1. The summed E-state index contributed by atoms with van der Waals surface area (Å²) in [7, 11) is 0. The summed E-state index contributed by atoms with van der Waals surface area (Å²) in [4.78, 5) is 13.1. The van der Waals surface area contributed by atoms with Crippen LogP contribution < -0.4 is 10.1 Å². The van der Waals surface area contributed by atoms with Gasteiger partial charge in [-0.1, -0.05) is 6.07 Å². The molecular weight excluding hydrogens is 432 g/mol. The summed E-state index contributed by atoms with van der Waals surface area (Å²) in [6, 6.07) is 9.74. The molecule has 3 aromatic heterocycles. The fraction of sp³-hybridized carbons (Fsp3) is 0.250. The number of nitrogens with one attached hydrogen (secondary N) is 1. The number of pyridine rings is 1. The Labute approximate surface area is 188 Å². The van der Waals surface area contributed by atoms with Crippen molar-refractivity contribution < 1.29 is 27.8 Å². The van der Waals surface area contributed by atoms with Crippen molar-refractivity contribution in [3.63, 3.8) is 0 Å². The van der Waals surface area contributed by atoms with Gasteiger partial charge in [-0.2, -0.15) is 9.61 Å². The van der Waals surface area contributed by atoms with Crippen LogP contribution in [-0.2, 0) is 6.61 Å². The highest BCUT2D eigenvalue weighted by molar-refractivity contribution is 6.02. The van der Waals surface area contributed by atoms with Gasteiger partial charge in [0.2, 0.25) is 5.88 Å². The zero-order valence-electron chi connectivity index (χ0n) is 18.4. The summed E-state index contributed by atoms with van der Waals surface area (Å²) in [6.45, 7) is 4.55. The summed E-state index contributed by atoms with van der Waals surface area (Å²) in [5.74, 6) is -0.543. The van der Waals surface area contributed by atoms with Crippen LogP contribution in [0.3, 0.4) is 0 Å². The first kappa shape index (κ1) is 22.5. The second-order valence-corrected chi connectivity index (χ2v) is 7.77. The Morgan fingerprint density at radius 1 is 1.18 bits per heavy atom. The standard InChI is InChI=1S/C24H23F2N3O4/c1-13-9-20-23(24(31)27-19(11-30)21-8-7-14(2)33-21)15(3)28-29(20)22(10-13)32-12-16-17(25)5-4-6-18(16)26/h4-10,19,30H,11-12H2,1-3H3,(H,27,31)/t19-/m0/s1. The molecule has 3 heterocycles. The van der Waals surface area contributed by atoms with E-state index in [0.29, 0.717) is 28.3 Å². The monoisotopic (exact) mass is 455 g/mol. The number of carbonyl (C=O) groups excluding carboxylic acids is 1.